The van der Waals surface area contributed by atoms with Gasteiger partial charge < -0.3 is 20.3 Å². The van der Waals surface area contributed by atoms with Gasteiger partial charge in [-0.3, -0.25) is 4.79 Å². The van der Waals surface area contributed by atoms with Gasteiger partial charge in [0, 0.05) is 5.56 Å². The van der Waals surface area contributed by atoms with Crippen LogP contribution in [0.25, 0.3) is 0 Å². The Morgan fingerprint density at radius 2 is 2.29 bits per heavy atom. The molecule has 92 valence electrons. The molecule has 0 radical (unpaired) electrons. The number of hydrogen-bond acceptors (Lipinski definition) is 4. The lowest BCUT2D eigenvalue weighted by Gasteiger charge is -2.39. The molecule has 1 aliphatic rings. The summed E-state index contributed by atoms with van der Waals surface area (Å²) in [5.74, 6) is -0.246. The van der Waals surface area contributed by atoms with E-state index in [4.69, 9.17) is 20.3 Å². The number of methoxy groups -OCH3 is 1. The predicted octanol–water partition coefficient (Wildman–Crippen LogP) is 0.507. The van der Waals surface area contributed by atoms with Gasteiger partial charge in [-0.05, 0) is 11.6 Å². The Morgan fingerprint density at radius 3 is 2.76 bits per heavy atom. The van der Waals surface area contributed by atoms with E-state index in [0.717, 1.165) is 5.56 Å². The van der Waals surface area contributed by atoms with Crippen molar-refractivity contribution in [1.82, 2.24) is 0 Å². The topological polar surface area (TPSA) is 81.8 Å². The fourth-order valence-electron chi connectivity index (χ4n) is 1.91. The van der Waals surface area contributed by atoms with Crippen LogP contribution in [0.4, 0.5) is 0 Å². The Bertz CT molecular complexity index is 440. The molecule has 0 spiro atoms. The van der Waals surface area contributed by atoms with Crippen LogP contribution in [0, 0.1) is 0 Å². The summed E-state index contributed by atoms with van der Waals surface area (Å²) in [5.41, 5.74) is 7.18. The molecule has 1 aromatic rings. The molecule has 1 aromatic carbocycles. The predicted molar refractivity (Wildman–Crippen MR) is 61.0 cm³/mol. The van der Waals surface area contributed by atoms with Gasteiger partial charge in [0.1, 0.15) is 5.75 Å². The Hall–Kier alpha value is -1.59. The molecule has 1 aliphatic heterocycles. The number of aliphatic carboxylic acids is 1. The van der Waals surface area contributed by atoms with Gasteiger partial charge >= 0.3 is 5.97 Å². The van der Waals surface area contributed by atoms with Crippen LogP contribution in [0.3, 0.4) is 0 Å². The molecule has 1 fully saturated rings. The van der Waals surface area contributed by atoms with Crippen LogP contribution in [0.1, 0.15) is 11.1 Å². The zero-order chi connectivity index (χ0) is 12.5. The summed E-state index contributed by atoms with van der Waals surface area (Å²) in [6.45, 7) is 0.920. The summed E-state index contributed by atoms with van der Waals surface area (Å²) in [7, 11) is 1.55. The molecule has 5 heteroatoms. The molecular weight excluding hydrogens is 222 g/mol. The molecule has 3 N–H and O–H groups in total. The van der Waals surface area contributed by atoms with Gasteiger partial charge in [0.05, 0.1) is 32.3 Å². The highest BCUT2D eigenvalue weighted by Crippen LogP contribution is 2.34. The molecule has 5 nitrogen and oxygen atoms in total. The summed E-state index contributed by atoms with van der Waals surface area (Å²) in [4.78, 5) is 10.6. The third-order valence-corrected chi connectivity index (χ3v) is 2.88. The molecule has 0 saturated carbocycles. The maximum Gasteiger partial charge on any atom is 0.307 e. The molecule has 0 atom stereocenters. The van der Waals surface area contributed by atoms with Crippen LogP contribution in [0.2, 0.25) is 0 Å². The first-order valence-electron chi connectivity index (χ1n) is 5.31. The van der Waals surface area contributed by atoms with E-state index in [9.17, 15) is 4.79 Å². The molecule has 0 aromatic heterocycles. The third kappa shape index (κ3) is 2.25. The number of carbonyl (C=O) groups is 1. The van der Waals surface area contributed by atoms with Gasteiger partial charge in [0.2, 0.25) is 0 Å². The fraction of sp³-hybridized carbons (Fsp3) is 0.417. The van der Waals surface area contributed by atoms with Crippen LogP contribution >= 0.6 is 0 Å². The molecule has 0 amide bonds. The van der Waals surface area contributed by atoms with Crippen LogP contribution in [-0.2, 0) is 21.5 Å². The number of carboxylic acid groups (broad SMARTS) is 1. The smallest absolute Gasteiger partial charge is 0.307 e. The zero-order valence-corrected chi connectivity index (χ0v) is 9.60. The van der Waals surface area contributed by atoms with Crippen molar-refractivity contribution < 1.29 is 19.4 Å². The van der Waals surface area contributed by atoms with E-state index in [-0.39, 0.29) is 6.42 Å². The van der Waals surface area contributed by atoms with Crippen LogP contribution in [0.15, 0.2) is 18.2 Å². The second kappa shape index (κ2) is 4.35. The molecule has 0 bridgehead atoms. The van der Waals surface area contributed by atoms with E-state index >= 15 is 0 Å². The first kappa shape index (κ1) is 11.9. The van der Waals surface area contributed by atoms with Gasteiger partial charge in [-0.25, -0.2) is 0 Å². The SMILES string of the molecule is COc1cc(CC(=O)O)ccc1C1(N)COC1. The largest absolute Gasteiger partial charge is 0.496 e. The van der Waals surface area contributed by atoms with Crippen molar-refractivity contribution in [3.8, 4) is 5.75 Å². The first-order valence-corrected chi connectivity index (χ1v) is 5.31. The van der Waals surface area contributed by atoms with Crippen molar-refractivity contribution >= 4 is 5.97 Å². The van der Waals surface area contributed by atoms with E-state index in [1.807, 2.05) is 6.07 Å². The number of nitrogens with two attached hydrogens (primary N) is 1. The standard InChI is InChI=1S/C12H15NO4/c1-16-10-4-8(5-11(14)15)2-3-9(10)12(13)6-17-7-12/h2-4H,5-7,13H2,1H3,(H,14,15). The highest BCUT2D eigenvalue weighted by Gasteiger charge is 2.38. The average molecular weight is 237 g/mol. The van der Waals surface area contributed by atoms with Gasteiger partial charge in [0.25, 0.3) is 0 Å². The molecule has 0 unspecified atom stereocenters. The molecule has 0 aliphatic carbocycles. The molecule has 1 saturated heterocycles. The first-order chi connectivity index (χ1) is 8.05. The number of benzene rings is 1. The van der Waals surface area contributed by atoms with E-state index in [1.54, 1.807) is 19.2 Å². The Morgan fingerprint density at radius 1 is 1.59 bits per heavy atom. The maximum absolute atomic E-state index is 10.6. The number of rotatable bonds is 4. The highest BCUT2D eigenvalue weighted by atomic mass is 16.5. The lowest BCUT2D eigenvalue weighted by atomic mass is 9.87. The molecule has 17 heavy (non-hydrogen) atoms. The minimum Gasteiger partial charge on any atom is -0.496 e. The summed E-state index contributed by atoms with van der Waals surface area (Å²) >= 11 is 0. The van der Waals surface area contributed by atoms with Gasteiger partial charge in [0.15, 0.2) is 0 Å². The van der Waals surface area contributed by atoms with E-state index in [0.29, 0.717) is 24.5 Å². The highest BCUT2D eigenvalue weighted by molar-refractivity contribution is 5.70. The second-order valence-corrected chi connectivity index (χ2v) is 4.25. The van der Waals surface area contributed by atoms with Crippen LogP contribution in [0.5, 0.6) is 5.75 Å². The maximum atomic E-state index is 10.6. The van der Waals surface area contributed by atoms with Crippen molar-refractivity contribution in [1.29, 1.82) is 0 Å². The van der Waals surface area contributed by atoms with Crippen molar-refractivity contribution in [3.05, 3.63) is 29.3 Å². The van der Waals surface area contributed by atoms with E-state index < -0.39 is 11.5 Å². The lowest BCUT2D eigenvalue weighted by Crippen LogP contribution is -2.54. The quantitative estimate of drug-likeness (QED) is 0.797. The Labute approximate surface area is 99.1 Å². The van der Waals surface area contributed by atoms with Crippen molar-refractivity contribution in [3.63, 3.8) is 0 Å². The van der Waals surface area contributed by atoms with Crippen LogP contribution in [-0.4, -0.2) is 31.4 Å². The van der Waals surface area contributed by atoms with E-state index in [2.05, 4.69) is 0 Å². The number of hydrogen-bond donors (Lipinski definition) is 2. The summed E-state index contributed by atoms with van der Waals surface area (Å²) in [6, 6.07) is 5.30. The third-order valence-electron chi connectivity index (χ3n) is 2.88. The monoisotopic (exact) mass is 237 g/mol. The van der Waals surface area contributed by atoms with Crippen molar-refractivity contribution in [2.45, 2.75) is 12.0 Å². The van der Waals surface area contributed by atoms with Crippen molar-refractivity contribution in [2.75, 3.05) is 20.3 Å². The van der Waals surface area contributed by atoms with Gasteiger partial charge in [-0.1, -0.05) is 12.1 Å². The summed E-state index contributed by atoms with van der Waals surface area (Å²) in [6.07, 6.45) is -0.0231. The zero-order valence-electron chi connectivity index (χ0n) is 9.60. The summed E-state index contributed by atoms with van der Waals surface area (Å²) < 4.78 is 10.4. The van der Waals surface area contributed by atoms with Crippen molar-refractivity contribution in [2.24, 2.45) is 5.73 Å². The molecule has 1 heterocycles. The average Bonchev–Trinajstić information content (AvgIpc) is 2.25. The Kier molecular flexibility index (Phi) is 3.04. The molecular formula is C12H15NO4. The van der Waals surface area contributed by atoms with Gasteiger partial charge in [-0.2, -0.15) is 0 Å². The summed E-state index contributed by atoms with van der Waals surface area (Å²) in [5, 5.41) is 8.73. The second-order valence-electron chi connectivity index (χ2n) is 4.25. The minimum absolute atomic E-state index is 0.0231. The minimum atomic E-state index is -0.866. The van der Waals surface area contributed by atoms with Crippen LogP contribution < -0.4 is 10.5 Å². The number of ether oxygens (including phenoxy) is 2. The normalized spacial score (nSPS) is 17.3. The number of carboxylic acids is 1. The Balaban J connectivity index is 2.31. The lowest BCUT2D eigenvalue weighted by molar-refractivity contribution is -0.136. The van der Waals surface area contributed by atoms with E-state index in [1.165, 1.54) is 0 Å². The van der Waals surface area contributed by atoms with Gasteiger partial charge in [-0.15, -0.1) is 0 Å². The molecule has 2 rings (SSSR count). The fourth-order valence-corrected chi connectivity index (χ4v) is 1.91.